The lowest BCUT2D eigenvalue weighted by Gasteiger charge is -2.36. The molecule has 1 aromatic carbocycles. The van der Waals surface area contributed by atoms with Gasteiger partial charge in [-0.15, -0.1) is 0 Å². The third kappa shape index (κ3) is 4.13. The minimum Gasteiger partial charge on any atom is -0.481 e. The number of piperidine rings is 1. The summed E-state index contributed by atoms with van der Waals surface area (Å²) < 4.78 is 6.66. The van der Waals surface area contributed by atoms with E-state index in [0.717, 1.165) is 36.2 Å². The molecule has 0 spiro atoms. The molecule has 29 heavy (non-hydrogen) atoms. The van der Waals surface area contributed by atoms with Crippen LogP contribution in [-0.2, 0) is 0 Å². The Hall–Kier alpha value is -2.84. The van der Waals surface area contributed by atoms with E-state index in [9.17, 15) is 4.79 Å². The Morgan fingerprint density at radius 3 is 2.83 bits per heavy atom. The molecule has 2 amide bonds. The van der Waals surface area contributed by atoms with Crippen LogP contribution in [0.1, 0.15) is 24.7 Å². The molecule has 1 aliphatic heterocycles. The quantitative estimate of drug-likeness (QED) is 0.683. The Morgan fingerprint density at radius 2 is 2.10 bits per heavy atom. The maximum absolute atomic E-state index is 12.4. The Balaban J connectivity index is 1.44. The number of benzene rings is 1. The number of rotatable bonds is 4. The van der Waals surface area contributed by atoms with Gasteiger partial charge in [0.1, 0.15) is 5.82 Å². The molecule has 0 bridgehead atoms. The van der Waals surface area contributed by atoms with Crippen molar-refractivity contribution in [2.75, 3.05) is 26.0 Å². The van der Waals surface area contributed by atoms with Gasteiger partial charge < -0.3 is 15.4 Å². The molecule has 4 rings (SSSR count). The van der Waals surface area contributed by atoms with Gasteiger partial charge in [-0.1, -0.05) is 12.1 Å². The Morgan fingerprint density at radius 1 is 1.28 bits per heavy atom. The largest absolute Gasteiger partial charge is 0.481 e. The fraction of sp³-hybridized carbons (Fsp3) is 0.350. The average molecular weight is 415 g/mol. The van der Waals surface area contributed by atoms with E-state index in [4.69, 9.17) is 21.5 Å². The summed E-state index contributed by atoms with van der Waals surface area (Å²) in [7, 11) is 3.61. The van der Waals surface area contributed by atoms with E-state index in [-0.39, 0.29) is 18.1 Å². The molecule has 0 unspecified atom stereocenters. The van der Waals surface area contributed by atoms with Crippen LogP contribution < -0.4 is 15.4 Å². The zero-order valence-corrected chi connectivity index (χ0v) is 17.1. The summed E-state index contributed by atoms with van der Waals surface area (Å²) in [5, 5.41) is 5.86. The van der Waals surface area contributed by atoms with Crippen molar-refractivity contribution in [1.82, 2.24) is 24.3 Å². The van der Waals surface area contributed by atoms with Crippen LogP contribution in [-0.4, -0.2) is 51.7 Å². The molecule has 1 fully saturated rings. The van der Waals surface area contributed by atoms with Crippen molar-refractivity contribution < 1.29 is 9.53 Å². The molecule has 1 aliphatic rings. The van der Waals surface area contributed by atoms with Crippen LogP contribution >= 0.6 is 11.8 Å². The molecular weight excluding hydrogens is 392 g/mol. The van der Waals surface area contributed by atoms with E-state index < -0.39 is 0 Å². The highest BCUT2D eigenvalue weighted by atomic mass is 35.5. The molecule has 2 aromatic heterocycles. The number of likely N-dealkylation sites (tertiary alicyclic amines) is 1. The second-order valence-electron chi connectivity index (χ2n) is 7.14. The molecule has 0 radical (unpaired) electrons. The fourth-order valence-corrected chi connectivity index (χ4v) is 3.96. The summed E-state index contributed by atoms with van der Waals surface area (Å²) in [4.78, 5) is 23.5. The first-order valence-corrected chi connectivity index (χ1v) is 9.80. The second-order valence-corrected chi connectivity index (χ2v) is 7.48. The Labute approximate surface area is 173 Å². The van der Waals surface area contributed by atoms with Crippen molar-refractivity contribution in [3.63, 3.8) is 0 Å². The van der Waals surface area contributed by atoms with Crippen molar-refractivity contribution in [3.05, 3.63) is 48.4 Å². The monoisotopic (exact) mass is 414 g/mol. The van der Waals surface area contributed by atoms with Gasteiger partial charge in [-0.05, 0) is 38.1 Å². The number of nitrogens with zero attached hydrogens (tertiary/aromatic N) is 4. The van der Waals surface area contributed by atoms with Gasteiger partial charge in [0, 0.05) is 30.4 Å². The van der Waals surface area contributed by atoms with Gasteiger partial charge in [0.25, 0.3) is 0 Å². The first-order valence-electron chi connectivity index (χ1n) is 9.46. The average Bonchev–Trinajstić information content (AvgIpc) is 3.06. The summed E-state index contributed by atoms with van der Waals surface area (Å²) >= 11 is 6.55. The SMILES string of the molecule is COc1ccc(NC(=O)N[C@@H]2CCN(C)[C@@H](c3nc4ccccc4n3Cl)C2)cn1. The van der Waals surface area contributed by atoms with Crippen LogP contribution in [0.25, 0.3) is 11.0 Å². The van der Waals surface area contributed by atoms with Crippen LogP contribution in [0.3, 0.4) is 0 Å². The highest BCUT2D eigenvalue weighted by molar-refractivity contribution is 6.19. The molecule has 0 saturated carbocycles. The number of hydrogen-bond acceptors (Lipinski definition) is 5. The highest BCUT2D eigenvalue weighted by Gasteiger charge is 2.31. The number of halogens is 1. The van der Waals surface area contributed by atoms with Gasteiger partial charge in [0.2, 0.25) is 5.88 Å². The highest BCUT2D eigenvalue weighted by Crippen LogP contribution is 2.32. The van der Waals surface area contributed by atoms with E-state index >= 15 is 0 Å². The molecule has 8 nitrogen and oxygen atoms in total. The number of anilines is 1. The predicted octanol–water partition coefficient (Wildman–Crippen LogP) is 3.40. The number of fused-ring (bicyclic) bond motifs is 1. The number of imidazole rings is 1. The first kappa shape index (κ1) is 19.5. The summed E-state index contributed by atoms with van der Waals surface area (Å²) in [6.45, 7) is 0.833. The summed E-state index contributed by atoms with van der Waals surface area (Å²) in [6.07, 6.45) is 3.14. The van der Waals surface area contributed by atoms with Crippen LogP contribution in [0, 0.1) is 0 Å². The second kappa shape index (κ2) is 8.26. The number of pyridine rings is 1. The van der Waals surface area contributed by atoms with E-state index in [1.807, 2.05) is 24.3 Å². The number of nitrogens with one attached hydrogen (secondary N) is 2. The van der Waals surface area contributed by atoms with Crippen molar-refractivity contribution in [3.8, 4) is 5.88 Å². The lowest BCUT2D eigenvalue weighted by atomic mass is 9.97. The fourth-order valence-electron chi connectivity index (χ4n) is 3.66. The number of hydrogen-bond donors (Lipinski definition) is 2. The summed E-state index contributed by atoms with van der Waals surface area (Å²) in [5.74, 6) is 1.29. The molecule has 2 N–H and O–H groups in total. The third-order valence-electron chi connectivity index (χ3n) is 5.24. The van der Waals surface area contributed by atoms with E-state index in [2.05, 4.69) is 27.6 Å². The molecule has 9 heteroatoms. The van der Waals surface area contributed by atoms with Gasteiger partial charge in [0.05, 0.1) is 36.1 Å². The Bertz CT molecular complexity index is 1010. The zero-order chi connectivity index (χ0) is 20.4. The minimum absolute atomic E-state index is 0.0129. The molecular formula is C20H23ClN6O2. The van der Waals surface area contributed by atoms with Crippen LogP contribution in [0.4, 0.5) is 10.5 Å². The van der Waals surface area contributed by atoms with Gasteiger partial charge in [-0.2, -0.15) is 0 Å². The van der Waals surface area contributed by atoms with Gasteiger partial charge in [0.15, 0.2) is 0 Å². The number of para-hydroxylation sites is 2. The standard InChI is InChI=1S/C20H23ClN6O2/c1-26-10-9-13(23-20(28)24-14-7-8-18(29-2)22-12-14)11-17(26)19-25-15-5-3-4-6-16(15)27(19)21/h3-8,12-13,17H,9-11H2,1-2H3,(H2,23,24,28)/t13-,17-/m1/s1. The number of carbonyl (C=O) groups is 1. The van der Waals surface area contributed by atoms with Crippen LogP contribution in [0.5, 0.6) is 5.88 Å². The number of aromatic nitrogens is 3. The smallest absolute Gasteiger partial charge is 0.319 e. The first-order chi connectivity index (χ1) is 14.0. The lowest BCUT2D eigenvalue weighted by molar-refractivity contribution is 0.152. The number of ether oxygens (including phenoxy) is 1. The van der Waals surface area contributed by atoms with E-state index in [1.54, 1.807) is 29.5 Å². The topological polar surface area (TPSA) is 84.3 Å². The van der Waals surface area contributed by atoms with E-state index in [0.29, 0.717) is 11.6 Å². The van der Waals surface area contributed by atoms with Crippen LogP contribution in [0.15, 0.2) is 42.6 Å². The lowest BCUT2D eigenvalue weighted by Crippen LogP contribution is -2.46. The zero-order valence-electron chi connectivity index (χ0n) is 16.3. The molecule has 0 aliphatic carbocycles. The van der Waals surface area contributed by atoms with Crippen molar-refractivity contribution in [1.29, 1.82) is 0 Å². The third-order valence-corrected chi connectivity index (χ3v) is 5.59. The Kier molecular flexibility index (Phi) is 5.55. The molecule has 3 aromatic rings. The maximum atomic E-state index is 12.4. The summed E-state index contributed by atoms with van der Waals surface area (Å²) in [6, 6.07) is 11.0. The van der Waals surface area contributed by atoms with Crippen LogP contribution in [0.2, 0.25) is 0 Å². The number of carbonyl (C=O) groups excluding carboxylic acids is 1. The van der Waals surface area contributed by atoms with Gasteiger partial charge in [-0.25, -0.2) is 18.8 Å². The number of urea groups is 1. The molecule has 1 saturated heterocycles. The minimum atomic E-state index is -0.260. The molecule has 3 heterocycles. The van der Waals surface area contributed by atoms with Crippen molar-refractivity contribution in [2.45, 2.75) is 24.9 Å². The van der Waals surface area contributed by atoms with E-state index in [1.165, 1.54) is 0 Å². The summed E-state index contributed by atoms with van der Waals surface area (Å²) in [5.41, 5.74) is 2.36. The maximum Gasteiger partial charge on any atom is 0.319 e. The number of amides is 2. The van der Waals surface area contributed by atoms with Crippen molar-refractivity contribution in [2.24, 2.45) is 0 Å². The van der Waals surface area contributed by atoms with Gasteiger partial charge in [-0.3, -0.25) is 4.90 Å². The molecule has 152 valence electrons. The van der Waals surface area contributed by atoms with Crippen molar-refractivity contribution >= 4 is 34.5 Å². The molecule has 2 atom stereocenters. The number of methoxy groups -OCH3 is 1. The normalized spacial score (nSPS) is 19.8. The van der Waals surface area contributed by atoms with Gasteiger partial charge >= 0.3 is 6.03 Å². The predicted molar refractivity (Wildman–Crippen MR) is 112 cm³/mol.